The highest BCUT2D eigenvalue weighted by molar-refractivity contribution is 5.46. The molecular formula is C12H20N4O2. The fraction of sp³-hybridized carbons (Fsp3) is 0.667. The smallest absolute Gasteiger partial charge is 0.158 e. The van der Waals surface area contributed by atoms with Crippen LogP contribution < -0.4 is 11.1 Å². The minimum Gasteiger partial charge on any atom is -0.384 e. The van der Waals surface area contributed by atoms with E-state index in [4.69, 9.17) is 15.2 Å². The van der Waals surface area contributed by atoms with E-state index in [1.54, 1.807) is 6.07 Å². The first kappa shape index (κ1) is 13.0. The van der Waals surface area contributed by atoms with Gasteiger partial charge in [0.1, 0.15) is 18.2 Å². The van der Waals surface area contributed by atoms with E-state index in [-0.39, 0.29) is 5.54 Å². The van der Waals surface area contributed by atoms with E-state index in [2.05, 4.69) is 22.2 Å². The molecule has 6 heteroatoms. The van der Waals surface area contributed by atoms with Gasteiger partial charge in [-0.3, -0.25) is 0 Å². The molecule has 1 aliphatic heterocycles. The average Bonchev–Trinajstić information content (AvgIpc) is 2.72. The zero-order valence-corrected chi connectivity index (χ0v) is 10.9. The Bertz CT molecular complexity index is 405. The molecule has 3 N–H and O–H groups in total. The van der Waals surface area contributed by atoms with Crippen molar-refractivity contribution in [2.75, 3.05) is 30.9 Å². The predicted octanol–water partition coefficient (Wildman–Crippen LogP) is 1.19. The third kappa shape index (κ3) is 3.30. The van der Waals surface area contributed by atoms with Gasteiger partial charge in [0.05, 0.1) is 12.1 Å². The summed E-state index contributed by atoms with van der Waals surface area (Å²) in [6.07, 6.45) is 0.956. The Morgan fingerprint density at radius 3 is 3.06 bits per heavy atom. The van der Waals surface area contributed by atoms with Crippen molar-refractivity contribution >= 4 is 11.6 Å². The molecule has 2 rings (SSSR count). The van der Waals surface area contributed by atoms with Gasteiger partial charge < -0.3 is 20.5 Å². The second kappa shape index (κ2) is 5.49. The Hall–Kier alpha value is -1.40. The van der Waals surface area contributed by atoms with Crippen LogP contribution >= 0.6 is 0 Å². The van der Waals surface area contributed by atoms with Crippen LogP contribution in [0.3, 0.4) is 0 Å². The lowest BCUT2D eigenvalue weighted by atomic mass is 10.0. The quantitative estimate of drug-likeness (QED) is 0.819. The molecule has 1 fully saturated rings. The van der Waals surface area contributed by atoms with Crippen molar-refractivity contribution in [3.8, 4) is 0 Å². The van der Waals surface area contributed by atoms with Crippen molar-refractivity contribution in [3.63, 3.8) is 0 Å². The minimum absolute atomic E-state index is 0.0797. The molecule has 1 aromatic heterocycles. The van der Waals surface area contributed by atoms with E-state index in [0.29, 0.717) is 31.5 Å². The number of nitrogens with two attached hydrogens (primary N) is 1. The van der Waals surface area contributed by atoms with Crippen LogP contribution in [0.4, 0.5) is 11.6 Å². The topological polar surface area (TPSA) is 82.3 Å². The van der Waals surface area contributed by atoms with Crippen molar-refractivity contribution in [2.45, 2.75) is 32.4 Å². The molecule has 0 aliphatic carbocycles. The van der Waals surface area contributed by atoms with Crippen molar-refractivity contribution in [2.24, 2.45) is 0 Å². The number of nitrogen functional groups attached to an aromatic ring is 1. The Kier molecular flexibility index (Phi) is 3.98. The molecule has 100 valence electrons. The molecule has 1 atom stereocenters. The Morgan fingerprint density at radius 1 is 1.56 bits per heavy atom. The molecule has 18 heavy (non-hydrogen) atoms. The maximum Gasteiger partial charge on any atom is 0.158 e. The molecule has 0 amide bonds. The van der Waals surface area contributed by atoms with Gasteiger partial charge in [0.25, 0.3) is 0 Å². The monoisotopic (exact) mass is 252 g/mol. The summed E-state index contributed by atoms with van der Waals surface area (Å²) < 4.78 is 10.7. The van der Waals surface area contributed by atoms with Crippen LogP contribution in [-0.2, 0) is 16.1 Å². The first-order valence-corrected chi connectivity index (χ1v) is 6.18. The molecule has 2 heterocycles. The largest absolute Gasteiger partial charge is 0.384 e. The van der Waals surface area contributed by atoms with E-state index < -0.39 is 0 Å². The summed E-state index contributed by atoms with van der Waals surface area (Å²) in [5, 5.41) is 3.36. The maximum atomic E-state index is 5.77. The number of ether oxygens (including phenoxy) is 2. The minimum atomic E-state index is -0.0797. The third-order valence-electron chi connectivity index (χ3n) is 2.88. The van der Waals surface area contributed by atoms with Crippen LogP contribution in [0.15, 0.2) is 6.07 Å². The lowest BCUT2D eigenvalue weighted by molar-refractivity contribution is 0.128. The highest BCUT2D eigenvalue weighted by Gasteiger charge is 2.29. The van der Waals surface area contributed by atoms with Gasteiger partial charge >= 0.3 is 0 Å². The standard InChI is InChI=1S/C12H20N4O2/c1-3-17-7-11-14-9(13)6-10(15-11)16-12(2)4-5-18-8-12/h6H,3-5,7-8H2,1-2H3,(H3,13,14,15,16). The van der Waals surface area contributed by atoms with Crippen molar-refractivity contribution in [1.82, 2.24) is 9.97 Å². The first-order valence-electron chi connectivity index (χ1n) is 6.18. The number of aromatic nitrogens is 2. The van der Waals surface area contributed by atoms with E-state index in [1.165, 1.54) is 0 Å². The molecule has 1 aromatic rings. The van der Waals surface area contributed by atoms with E-state index in [1.807, 2.05) is 6.92 Å². The number of rotatable bonds is 5. The first-order chi connectivity index (χ1) is 8.61. The van der Waals surface area contributed by atoms with Gasteiger partial charge in [-0.05, 0) is 20.3 Å². The SMILES string of the molecule is CCOCc1nc(N)cc(NC2(C)CCOC2)n1. The third-order valence-corrected chi connectivity index (χ3v) is 2.88. The zero-order chi connectivity index (χ0) is 13.0. The summed E-state index contributed by atoms with van der Waals surface area (Å²) in [7, 11) is 0. The van der Waals surface area contributed by atoms with Crippen molar-refractivity contribution in [1.29, 1.82) is 0 Å². The molecule has 1 unspecified atom stereocenters. The molecule has 6 nitrogen and oxygen atoms in total. The van der Waals surface area contributed by atoms with Gasteiger partial charge in [-0.1, -0.05) is 0 Å². The Labute approximate surface area is 107 Å². The van der Waals surface area contributed by atoms with Gasteiger partial charge in [-0.15, -0.1) is 0 Å². The number of hydrogen-bond acceptors (Lipinski definition) is 6. The summed E-state index contributed by atoms with van der Waals surface area (Å²) in [6, 6.07) is 1.74. The number of nitrogens with one attached hydrogen (secondary N) is 1. The predicted molar refractivity (Wildman–Crippen MR) is 69.2 cm³/mol. The summed E-state index contributed by atoms with van der Waals surface area (Å²) in [4.78, 5) is 8.54. The van der Waals surface area contributed by atoms with Gasteiger partial charge in [0, 0.05) is 19.3 Å². The summed E-state index contributed by atoms with van der Waals surface area (Å²) in [5.74, 6) is 1.77. The summed E-state index contributed by atoms with van der Waals surface area (Å²) in [6.45, 7) is 6.51. The van der Waals surface area contributed by atoms with Crippen LogP contribution in [0.5, 0.6) is 0 Å². The van der Waals surface area contributed by atoms with Gasteiger partial charge in [-0.25, -0.2) is 9.97 Å². The number of anilines is 2. The lowest BCUT2D eigenvalue weighted by Crippen LogP contribution is -2.35. The Morgan fingerprint density at radius 2 is 2.39 bits per heavy atom. The van der Waals surface area contributed by atoms with Crippen molar-refractivity contribution < 1.29 is 9.47 Å². The summed E-state index contributed by atoms with van der Waals surface area (Å²) in [5.41, 5.74) is 5.69. The number of nitrogens with zero attached hydrogens (tertiary/aromatic N) is 2. The molecule has 0 saturated carbocycles. The van der Waals surface area contributed by atoms with Gasteiger partial charge in [0.2, 0.25) is 0 Å². The maximum absolute atomic E-state index is 5.77. The fourth-order valence-electron chi connectivity index (χ4n) is 1.91. The molecule has 0 spiro atoms. The second-order valence-corrected chi connectivity index (χ2v) is 4.72. The van der Waals surface area contributed by atoms with Crippen molar-refractivity contribution in [3.05, 3.63) is 11.9 Å². The van der Waals surface area contributed by atoms with Crippen LogP contribution in [0.25, 0.3) is 0 Å². The van der Waals surface area contributed by atoms with Crippen LogP contribution in [0.1, 0.15) is 26.1 Å². The van der Waals surface area contributed by atoms with E-state index >= 15 is 0 Å². The molecule has 0 aromatic carbocycles. The molecule has 1 saturated heterocycles. The Balaban J connectivity index is 2.09. The second-order valence-electron chi connectivity index (χ2n) is 4.72. The van der Waals surface area contributed by atoms with Crippen LogP contribution in [0, 0.1) is 0 Å². The highest BCUT2D eigenvalue weighted by atomic mass is 16.5. The lowest BCUT2D eigenvalue weighted by Gasteiger charge is -2.24. The van der Waals surface area contributed by atoms with Gasteiger partial charge in [-0.2, -0.15) is 0 Å². The van der Waals surface area contributed by atoms with Crippen LogP contribution in [0.2, 0.25) is 0 Å². The fourth-order valence-corrected chi connectivity index (χ4v) is 1.91. The van der Waals surface area contributed by atoms with E-state index in [9.17, 15) is 0 Å². The van der Waals surface area contributed by atoms with Crippen LogP contribution in [-0.4, -0.2) is 35.3 Å². The molecule has 0 radical (unpaired) electrons. The molecular weight excluding hydrogens is 232 g/mol. The molecule has 0 bridgehead atoms. The number of hydrogen-bond donors (Lipinski definition) is 2. The average molecular weight is 252 g/mol. The zero-order valence-electron chi connectivity index (χ0n) is 10.9. The van der Waals surface area contributed by atoms with Gasteiger partial charge in [0.15, 0.2) is 5.82 Å². The normalized spacial score (nSPS) is 23.2. The summed E-state index contributed by atoms with van der Waals surface area (Å²) >= 11 is 0. The van der Waals surface area contributed by atoms with E-state index in [0.717, 1.165) is 18.8 Å². The molecule has 1 aliphatic rings. The highest BCUT2D eigenvalue weighted by Crippen LogP contribution is 2.23.